The fourth-order valence-electron chi connectivity index (χ4n) is 2.91. The van der Waals surface area contributed by atoms with Crippen LogP contribution in [0.3, 0.4) is 0 Å². The third-order valence-electron chi connectivity index (χ3n) is 4.68. The molecule has 1 unspecified atom stereocenters. The molecule has 5 heteroatoms. The maximum Gasteiger partial charge on any atom is 0.223 e. The Balaban J connectivity index is 2.58. The van der Waals surface area contributed by atoms with E-state index in [0.717, 1.165) is 18.4 Å². The number of carbonyl (C=O) groups is 2. The monoisotopic (exact) mass is 362 g/mol. The highest BCUT2D eigenvalue weighted by atomic mass is 16.3. The van der Waals surface area contributed by atoms with Crippen molar-refractivity contribution in [3.8, 4) is 0 Å². The third-order valence-corrected chi connectivity index (χ3v) is 4.68. The molecule has 2 amide bonds. The maximum atomic E-state index is 12.5. The van der Waals surface area contributed by atoms with E-state index in [9.17, 15) is 14.7 Å². The van der Waals surface area contributed by atoms with Crippen LogP contribution in [0, 0.1) is 17.8 Å². The Morgan fingerprint density at radius 1 is 1.08 bits per heavy atom. The summed E-state index contributed by atoms with van der Waals surface area (Å²) in [6.07, 6.45) is 2.37. The molecule has 1 aromatic rings. The Hall–Kier alpha value is -1.88. The van der Waals surface area contributed by atoms with Gasteiger partial charge < -0.3 is 16.2 Å². The minimum Gasteiger partial charge on any atom is -0.393 e. The molecule has 1 aromatic carbocycles. The molecule has 0 aliphatic carbocycles. The summed E-state index contributed by atoms with van der Waals surface area (Å²) in [5, 5.41) is 13.3. The molecule has 0 spiro atoms. The second-order valence-corrected chi connectivity index (χ2v) is 7.62. The first kappa shape index (κ1) is 22.2. The minimum absolute atomic E-state index is 0.0995. The summed E-state index contributed by atoms with van der Waals surface area (Å²) in [4.78, 5) is 23.9. The number of benzene rings is 1. The van der Waals surface area contributed by atoms with Crippen LogP contribution in [0.4, 0.5) is 0 Å². The summed E-state index contributed by atoms with van der Waals surface area (Å²) in [5.41, 5.74) is 6.52. The van der Waals surface area contributed by atoms with Gasteiger partial charge in [0.05, 0.1) is 6.10 Å². The third kappa shape index (κ3) is 8.99. The van der Waals surface area contributed by atoms with Crippen molar-refractivity contribution in [3.05, 3.63) is 35.9 Å². The van der Waals surface area contributed by atoms with Crippen molar-refractivity contribution in [1.29, 1.82) is 0 Å². The van der Waals surface area contributed by atoms with Crippen LogP contribution in [0.5, 0.6) is 0 Å². The van der Waals surface area contributed by atoms with E-state index in [1.807, 2.05) is 30.3 Å². The Bertz CT molecular complexity index is 545. The van der Waals surface area contributed by atoms with Gasteiger partial charge in [-0.15, -0.1) is 0 Å². The molecule has 1 rings (SSSR count). The number of hydrogen-bond acceptors (Lipinski definition) is 3. The van der Waals surface area contributed by atoms with Crippen LogP contribution in [0.1, 0.15) is 52.0 Å². The number of aliphatic hydroxyl groups excluding tert-OH is 1. The first-order valence-electron chi connectivity index (χ1n) is 9.58. The van der Waals surface area contributed by atoms with Crippen LogP contribution >= 0.6 is 0 Å². The van der Waals surface area contributed by atoms with E-state index in [-0.39, 0.29) is 5.91 Å². The maximum absolute atomic E-state index is 12.5. The molecule has 0 aliphatic rings. The fourth-order valence-corrected chi connectivity index (χ4v) is 2.91. The lowest BCUT2D eigenvalue weighted by atomic mass is 9.88. The lowest BCUT2D eigenvalue weighted by molar-refractivity contribution is -0.128. The summed E-state index contributed by atoms with van der Waals surface area (Å²) in [6, 6.07) is 9.96. The van der Waals surface area contributed by atoms with Gasteiger partial charge in [0.25, 0.3) is 0 Å². The second kappa shape index (κ2) is 11.7. The van der Waals surface area contributed by atoms with Gasteiger partial charge in [-0.05, 0) is 43.6 Å². The lowest BCUT2D eigenvalue weighted by Crippen LogP contribution is -2.36. The number of amides is 2. The van der Waals surface area contributed by atoms with Crippen molar-refractivity contribution in [2.75, 3.05) is 6.54 Å². The molecule has 0 radical (unpaired) electrons. The molecule has 4 N–H and O–H groups in total. The van der Waals surface area contributed by atoms with E-state index in [0.29, 0.717) is 31.7 Å². The topological polar surface area (TPSA) is 92.4 Å². The van der Waals surface area contributed by atoms with Crippen molar-refractivity contribution in [2.45, 2.75) is 59.0 Å². The first-order chi connectivity index (χ1) is 12.3. The molecule has 0 aliphatic heterocycles. The van der Waals surface area contributed by atoms with E-state index in [1.54, 1.807) is 6.92 Å². The molecule has 26 heavy (non-hydrogen) atoms. The number of nitrogens with two attached hydrogens (primary N) is 1. The highest BCUT2D eigenvalue weighted by molar-refractivity contribution is 5.81. The van der Waals surface area contributed by atoms with Gasteiger partial charge in [-0.1, -0.05) is 51.1 Å². The van der Waals surface area contributed by atoms with Gasteiger partial charge in [0.1, 0.15) is 0 Å². The lowest BCUT2D eigenvalue weighted by Gasteiger charge is -2.22. The summed E-state index contributed by atoms with van der Waals surface area (Å²) in [5.74, 6) is -0.802. The van der Waals surface area contributed by atoms with Crippen LogP contribution < -0.4 is 11.1 Å². The number of nitrogens with one attached hydrogen (secondary N) is 1. The van der Waals surface area contributed by atoms with Gasteiger partial charge in [-0.25, -0.2) is 0 Å². The van der Waals surface area contributed by atoms with Crippen molar-refractivity contribution in [2.24, 2.45) is 23.5 Å². The average molecular weight is 363 g/mol. The summed E-state index contributed by atoms with van der Waals surface area (Å²) in [7, 11) is 0. The van der Waals surface area contributed by atoms with Gasteiger partial charge in [-0.3, -0.25) is 9.59 Å². The number of rotatable bonds is 12. The molecule has 0 saturated heterocycles. The average Bonchev–Trinajstić information content (AvgIpc) is 2.59. The van der Waals surface area contributed by atoms with Gasteiger partial charge >= 0.3 is 0 Å². The largest absolute Gasteiger partial charge is 0.393 e. The minimum atomic E-state index is -0.587. The Morgan fingerprint density at radius 3 is 2.31 bits per heavy atom. The van der Waals surface area contributed by atoms with Gasteiger partial charge in [0.15, 0.2) is 0 Å². The zero-order valence-corrected chi connectivity index (χ0v) is 16.3. The molecule has 0 aromatic heterocycles. The molecule has 5 nitrogen and oxygen atoms in total. The Kier molecular flexibility index (Phi) is 9.96. The summed E-state index contributed by atoms with van der Waals surface area (Å²) >= 11 is 0. The summed E-state index contributed by atoms with van der Waals surface area (Å²) in [6.45, 7) is 6.55. The van der Waals surface area contributed by atoms with E-state index in [1.165, 1.54) is 0 Å². The number of aliphatic hydroxyl groups is 1. The predicted octanol–water partition coefficient (Wildman–Crippen LogP) is 2.66. The normalized spacial score (nSPS) is 14.7. The molecule has 146 valence electrons. The van der Waals surface area contributed by atoms with E-state index in [2.05, 4.69) is 19.2 Å². The zero-order chi connectivity index (χ0) is 19.5. The second-order valence-electron chi connectivity index (χ2n) is 7.62. The van der Waals surface area contributed by atoms with Crippen LogP contribution in [-0.2, 0) is 16.0 Å². The van der Waals surface area contributed by atoms with Gasteiger partial charge in [0.2, 0.25) is 11.8 Å². The number of carbonyl (C=O) groups excluding carboxylic acids is 2. The van der Waals surface area contributed by atoms with Crippen LogP contribution in [-0.4, -0.2) is 29.6 Å². The van der Waals surface area contributed by atoms with E-state index < -0.39 is 23.8 Å². The van der Waals surface area contributed by atoms with Gasteiger partial charge in [-0.2, -0.15) is 0 Å². The highest BCUT2D eigenvalue weighted by Gasteiger charge is 2.25. The van der Waals surface area contributed by atoms with E-state index >= 15 is 0 Å². The molecule has 0 bridgehead atoms. The summed E-state index contributed by atoms with van der Waals surface area (Å²) < 4.78 is 0. The molecular weight excluding hydrogens is 328 g/mol. The van der Waals surface area contributed by atoms with Crippen LogP contribution in [0.25, 0.3) is 0 Å². The van der Waals surface area contributed by atoms with Crippen molar-refractivity contribution in [3.63, 3.8) is 0 Å². The highest BCUT2D eigenvalue weighted by Crippen LogP contribution is 2.20. The number of aryl methyl sites for hydroxylation is 1. The first-order valence-corrected chi connectivity index (χ1v) is 9.58. The fraction of sp³-hybridized carbons (Fsp3) is 0.619. The van der Waals surface area contributed by atoms with Crippen molar-refractivity contribution < 1.29 is 14.7 Å². The quantitative estimate of drug-likeness (QED) is 0.534. The Morgan fingerprint density at radius 2 is 1.73 bits per heavy atom. The molecule has 0 saturated carbocycles. The Labute approximate surface area is 157 Å². The van der Waals surface area contributed by atoms with Crippen molar-refractivity contribution in [1.82, 2.24) is 5.32 Å². The smallest absolute Gasteiger partial charge is 0.223 e. The van der Waals surface area contributed by atoms with Crippen molar-refractivity contribution >= 4 is 11.8 Å². The molecule has 3 atom stereocenters. The van der Waals surface area contributed by atoms with Crippen LogP contribution in [0.15, 0.2) is 30.3 Å². The van der Waals surface area contributed by atoms with E-state index in [4.69, 9.17) is 5.73 Å². The zero-order valence-electron chi connectivity index (χ0n) is 16.3. The number of hydrogen-bond donors (Lipinski definition) is 3. The standard InChI is InChI=1S/C21H34N2O3/c1-15(2)11-12-23-21(26)18(13-16(3)20(22)25)14-19(24)10-9-17-7-5-4-6-8-17/h4-8,15-16,18-19,24H,9-14H2,1-3H3,(H2,22,25)(H,23,26)/t16?,18-,19+/m1/s1. The predicted molar refractivity (Wildman–Crippen MR) is 104 cm³/mol. The molecule has 0 heterocycles. The van der Waals surface area contributed by atoms with Crippen LogP contribution in [0.2, 0.25) is 0 Å². The SMILES string of the molecule is CC(C)CCNC(=O)[C@H](CC(C)C(N)=O)C[C@@H](O)CCc1ccccc1. The van der Waals surface area contributed by atoms with Gasteiger partial charge in [0, 0.05) is 18.4 Å². The molecular formula is C21H34N2O3. The number of primary amides is 1. The molecule has 0 fully saturated rings.